The van der Waals surface area contributed by atoms with Crippen LogP contribution in [-0.4, -0.2) is 71.7 Å². The lowest BCUT2D eigenvalue weighted by molar-refractivity contribution is 0.0837. The van der Waals surface area contributed by atoms with E-state index in [0.717, 1.165) is 102 Å². The maximum atomic E-state index is 13.0. The number of H-pyrrole nitrogens is 1. The molecule has 9 rings (SSSR count). The summed E-state index contributed by atoms with van der Waals surface area (Å²) in [6.45, 7) is 15.1. The van der Waals surface area contributed by atoms with Gasteiger partial charge < -0.3 is 34.3 Å². The van der Waals surface area contributed by atoms with Crippen molar-refractivity contribution in [3.63, 3.8) is 0 Å². The van der Waals surface area contributed by atoms with Crippen molar-refractivity contribution >= 4 is 42.1 Å². The molecule has 2 atom stereocenters. The highest BCUT2D eigenvalue weighted by molar-refractivity contribution is 6.74. The number of phenols is 1. The fourth-order valence-corrected chi connectivity index (χ4v) is 10.2. The summed E-state index contributed by atoms with van der Waals surface area (Å²) in [6, 6.07) is 29.3. The van der Waals surface area contributed by atoms with Gasteiger partial charge in [-0.05, 0) is 122 Å². The molecule has 6 aromatic rings. The summed E-state index contributed by atoms with van der Waals surface area (Å²) in [5.74, 6) is 1.12. The molecular formula is C49H59N5O6Si. The summed E-state index contributed by atoms with van der Waals surface area (Å²) in [5.41, 5.74) is 7.57. The summed E-state index contributed by atoms with van der Waals surface area (Å²) in [5, 5.41) is 25.6. The zero-order chi connectivity index (χ0) is 42.9. The first-order valence-electron chi connectivity index (χ1n) is 21.8. The molecule has 12 heteroatoms. The fourth-order valence-electron chi connectivity index (χ4n) is 8.92. The number of carboxylic acid groups (broad SMARTS) is 1. The molecule has 0 aliphatic carbocycles. The maximum Gasteiger partial charge on any atom is 0.412 e. The summed E-state index contributed by atoms with van der Waals surface area (Å²) in [4.78, 5) is 36.8. The fraction of sp³-hybridized carbons (Fsp3) is 0.408. The quantitative estimate of drug-likeness (QED) is 0.0587. The molecule has 1 unspecified atom stereocenters. The monoisotopic (exact) mass is 841 g/mol. The molecule has 11 nitrogen and oxygen atoms in total. The van der Waals surface area contributed by atoms with E-state index in [2.05, 4.69) is 85.5 Å². The summed E-state index contributed by atoms with van der Waals surface area (Å²) < 4.78 is 13.3. The predicted molar refractivity (Wildman–Crippen MR) is 245 cm³/mol. The molecule has 0 saturated carbocycles. The first-order valence-corrected chi connectivity index (χ1v) is 24.7. The van der Waals surface area contributed by atoms with Gasteiger partial charge in [0.1, 0.15) is 11.3 Å². The highest BCUT2D eigenvalue weighted by Gasteiger charge is 2.41. The topological polar surface area (TPSA) is 144 Å². The minimum Gasteiger partial charge on any atom is -0.506 e. The van der Waals surface area contributed by atoms with Crippen LogP contribution in [0.2, 0.25) is 18.1 Å². The van der Waals surface area contributed by atoms with Crippen LogP contribution in [0.4, 0.5) is 10.5 Å². The number of fused-ring (bicyclic) bond motifs is 5. The lowest BCUT2D eigenvalue weighted by atomic mass is 9.82. The van der Waals surface area contributed by atoms with Crippen LogP contribution in [0.1, 0.15) is 75.1 Å². The van der Waals surface area contributed by atoms with Crippen molar-refractivity contribution in [2.24, 2.45) is 5.92 Å². The van der Waals surface area contributed by atoms with Gasteiger partial charge in [-0.2, -0.15) is 0 Å². The number of nitrogens with zero attached hydrogens (tertiary/aromatic N) is 3. The zero-order valence-electron chi connectivity index (χ0n) is 36.0. The lowest BCUT2D eigenvalue weighted by Crippen LogP contribution is -2.59. The molecule has 3 saturated heterocycles. The van der Waals surface area contributed by atoms with Gasteiger partial charge in [0.25, 0.3) is 0 Å². The third-order valence-corrected chi connectivity index (χ3v) is 17.8. The van der Waals surface area contributed by atoms with Crippen molar-refractivity contribution in [3.8, 4) is 16.9 Å². The third kappa shape index (κ3) is 9.33. The van der Waals surface area contributed by atoms with E-state index < -0.39 is 14.4 Å². The molecule has 61 heavy (non-hydrogen) atoms. The van der Waals surface area contributed by atoms with E-state index in [0.29, 0.717) is 36.8 Å². The summed E-state index contributed by atoms with van der Waals surface area (Å²) in [6.07, 6.45) is 4.21. The molecule has 3 fully saturated rings. The number of piperidine rings is 3. The molecule has 3 aliphatic heterocycles. The maximum absolute atomic E-state index is 13.0. The molecule has 0 radical (unpaired) electrons. The van der Waals surface area contributed by atoms with E-state index in [9.17, 15) is 19.8 Å². The Bertz CT molecular complexity index is 2560. The molecule has 5 heterocycles. The Labute approximate surface area is 358 Å². The Morgan fingerprint density at radius 1 is 0.984 bits per heavy atom. The number of anilines is 1. The van der Waals surface area contributed by atoms with Gasteiger partial charge in [0.2, 0.25) is 5.56 Å². The third-order valence-electron chi connectivity index (χ3n) is 13.3. The van der Waals surface area contributed by atoms with E-state index >= 15 is 0 Å². The Morgan fingerprint density at radius 3 is 2.46 bits per heavy atom. The second-order valence-electron chi connectivity index (χ2n) is 18.5. The average molecular weight is 842 g/mol. The number of nitrogens with one attached hydrogen (secondary N) is 2. The number of oxazole rings is 1. The normalized spacial score (nSPS) is 18.5. The Kier molecular flexibility index (Phi) is 12.2. The van der Waals surface area contributed by atoms with Crippen LogP contribution in [0.3, 0.4) is 0 Å². The minimum absolute atomic E-state index is 0.0183. The van der Waals surface area contributed by atoms with Gasteiger partial charge in [-0.1, -0.05) is 75.4 Å². The summed E-state index contributed by atoms with van der Waals surface area (Å²) >= 11 is 0. The number of hydrogen-bond acceptors (Lipinski definition) is 8. The van der Waals surface area contributed by atoms with Crippen LogP contribution in [0.15, 0.2) is 100 Å². The molecular weight excluding hydrogens is 783 g/mol. The summed E-state index contributed by atoms with van der Waals surface area (Å²) in [7, 11) is -2.22. The lowest BCUT2D eigenvalue weighted by Gasteiger charge is -2.48. The Morgan fingerprint density at radius 2 is 1.74 bits per heavy atom. The molecule has 4 N–H and O–H groups in total. The van der Waals surface area contributed by atoms with Gasteiger partial charge in [0.05, 0.1) is 23.3 Å². The van der Waals surface area contributed by atoms with Gasteiger partial charge >= 0.3 is 6.09 Å². The highest BCUT2D eigenvalue weighted by atomic mass is 28.4. The standard InChI is InChI=1S/C49H59N5O6Si/c1-49(2,3)61(4,5)60-44(37-18-21-42(55)47-38(37)19-22-45(56)52-47)30-50-29-33-16-20-39-43(28-33)59-46(51-39)14-10-9-11-32-15-17-36(34-12-7-6-8-13-34)40(27-32)54(48(57)58)41-31-53-25-23-35(41)24-26-53/h6-8,12-13,15-22,27-28,35,41,44,50,55H,9-11,14,23-26,29-31H2,1-5H3,(H,52,56)(H,57,58)/t41?,44-/m0/s1. The van der Waals surface area contributed by atoms with Crippen molar-refractivity contribution in [1.29, 1.82) is 0 Å². The van der Waals surface area contributed by atoms with Gasteiger partial charge in [0.15, 0.2) is 19.8 Å². The number of aromatic hydroxyl groups is 1. The zero-order valence-corrected chi connectivity index (χ0v) is 37.0. The molecule has 3 aliphatic rings. The number of aromatic amines is 1. The first kappa shape index (κ1) is 42.4. The molecule has 320 valence electrons. The number of carbonyl (C=O) groups is 1. The van der Waals surface area contributed by atoms with Crippen LogP contribution in [0.25, 0.3) is 33.1 Å². The van der Waals surface area contributed by atoms with Crippen molar-refractivity contribution in [1.82, 2.24) is 20.2 Å². The van der Waals surface area contributed by atoms with Gasteiger partial charge in [-0.15, -0.1) is 0 Å². The van der Waals surface area contributed by atoms with E-state index in [4.69, 9.17) is 13.8 Å². The smallest absolute Gasteiger partial charge is 0.412 e. The Balaban J connectivity index is 0.921. The SMILES string of the molecule is CC(C)(C)[Si](C)(C)O[C@@H](CNCc1ccc2nc(CCCCc3ccc(-c4ccccc4)c(N(C(=O)O)C4CN5CCC4CC5)c3)oc2c1)c1ccc(O)c2[nH]c(=O)ccc12. The number of unbranched alkanes of at least 4 members (excludes halogenated alkanes) is 1. The number of rotatable bonds is 15. The van der Waals surface area contributed by atoms with Crippen molar-refractivity contribution in [2.75, 3.05) is 31.1 Å². The van der Waals surface area contributed by atoms with Gasteiger partial charge in [0, 0.05) is 43.1 Å². The number of amides is 1. The second kappa shape index (κ2) is 17.6. The van der Waals surface area contributed by atoms with Crippen molar-refractivity contribution in [2.45, 2.75) is 96.1 Å². The molecule has 0 spiro atoms. The predicted octanol–water partition coefficient (Wildman–Crippen LogP) is 10.0. The van der Waals surface area contributed by atoms with Crippen LogP contribution in [-0.2, 0) is 23.8 Å². The highest BCUT2D eigenvalue weighted by Crippen LogP contribution is 2.42. The van der Waals surface area contributed by atoms with Gasteiger partial charge in [-0.25, -0.2) is 9.78 Å². The van der Waals surface area contributed by atoms with Crippen LogP contribution in [0, 0.1) is 5.92 Å². The number of aromatic nitrogens is 2. The van der Waals surface area contributed by atoms with Crippen LogP contribution >= 0.6 is 0 Å². The van der Waals surface area contributed by atoms with Crippen LogP contribution < -0.4 is 15.8 Å². The number of aryl methyl sites for hydroxylation is 2. The Hall–Kier alpha value is -5.27. The van der Waals surface area contributed by atoms with E-state index in [1.165, 1.54) is 6.07 Å². The minimum atomic E-state index is -2.22. The van der Waals surface area contributed by atoms with Crippen LogP contribution in [0.5, 0.6) is 5.75 Å². The molecule has 2 bridgehead atoms. The number of benzene rings is 4. The molecule has 1 amide bonds. The average Bonchev–Trinajstić information content (AvgIpc) is 3.65. The largest absolute Gasteiger partial charge is 0.506 e. The van der Waals surface area contributed by atoms with Crippen molar-refractivity contribution < 1.29 is 23.9 Å². The first-order chi connectivity index (χ1) is 29.2. The molecule has 4 aromatic carbocycles. The van der Waals surface area contributed by atoms with E-state index in [-0.39, 0.29) is 28.5 Å². The molecule has 2 aromatic heterocycles. The van der Waals surface area contributed by atoms with E-state index in [1.54, 1.807) is 17.0 Å². The van der Waals surface area contributed by atoms with Gasteiger partial charge in [-0.3, -0.25) is 9.69 Å². The number of pyridine rings is 1. The number of phenolic OH excluding ortho intramolecular Hbond substituents is 1. The second-order valence-corrected chi connectivity index (χ2v) is 23.2. The van der Waals surface area contributed by atoms with Crippen molar-refractivity contribution in [3.05, 3.63) is 124 Å². The van der Waals surface area contributed by atoms with E-state index in [1.807, 2.05) is 36.4 Å². The number of hydrogen-bond donors (Lipinski definition) is 4.